The molecule has 2 aromatic carbocycles. The van der Waals surface area contributed by atoms with Crippen LogP contribution < -0.4 is 4.90 Å². The van der Waals surface area contributed by atoms with Crippen molar-refractivity contribution in [3.63, 3.8) is 0 Å². The second-order valence-electron chi connectivity index (χ2n) is 4.76. The van der Waals surface area contributed by atoms with Gasteiger partial charge in [-0.3, -0.25) is 4.79 Å². The van der Waals surface area contributed by atoms with Crippen LogP contribution in [0.25, 0.3) is 0 Å². The highest BCUT2D eigenvalue weighted by atomic mass is 79.9. The maximum absolute atomic E-state index is 13.3. The summed E-state index contributed by atoms with van der Waals surface area (Å²) < 4.78 is 14.3. The second-order valence-corrected chi connectivity index (χ2v) is 5.61. The summed E-state index contributed by atoms with van der Waals surface area (Å²) in [6, 6.07) is 9.91. The van der Waals surface area contributed by atoms with Gasteiger partial charge in [0.25, 0.3) is 5.91 Å². The monoisotopic (exact) mass is 335 g/mol. The summed E-state index contributed by atoms with van der Waals surface area (Å²) in [5, 5.41) is 0. The predicted octanol–water partition coefficient (Wildman–Crippen LogP) is 4.48. The fraction of sp³-hybridized carbons (Fsp3) is 0.188. The molecule has 0 fully saturated rings. The Morgan fingerprint density at radius 2 is 1.80 bits per heavy atom. The maximum Gasteiger partial charge on any atom is 0.258 e. The first-order valence-corrected chi connectivity index (χ1v) is 7.00. The number of carbonyl (C=O) groups is 1. The molecular formula is C16H15BrFNO. The highest BCUT2D eigenvalue weighted by Crippen LogP contribution is 2.24. The summed E-state index contributed by atoms with van der Waals surface area (Å²) in [4.78, 5) is 14.0. The molecule has 0 aliphatic carbocycles. The van der Waals surface area contributed by atoms with Gasteiger partial charge in [0.1, 0.15) is 5.82 Å². The average molecular weight is 336 g/mol. The quantitative estimate of drug-likeness (QED) is 0.792. The molecule has 0 atom stereocenters. The largest absolute Gasteiger partial charge is 0.311 e. The third-order valence-electron chi connectivity index (χ3n) is 3.26. The third kappa shape index (κ3) is 2.90. The normalized spacial score (nSPS) is 10.4. The van der Waals surface area contributed by atoms with Crippen LogP contribution in [0.2, 0.25) is 0 Å². The first-order chi connectivity index (χ1) is 9.40. The number of hydrogen-bond acceptors (Lipinski definition) is 1. The zero-order valence-corrected chi connectivity index (χ0v) is 13.2. The molecule has 2 aromatic rings. The summed E-state index contributed by atoms with van der Waals surface area (Å²) in [5.41, 5.74) is 2.96. The summed E-state index contributed by atoms with van der Waals surface area (Å²) in [7, 11) is 1.69. The van der Waals surface area contributed by atoms with Gasteiger partial charge in [0.2, 0.25) is 0 Å². The lowest BCUT2D eigenvalue weighted by Crippen LogP contribution is -2.27. The lowest BCUT2D eigenvalue weighted by atomic mass is 10.1. The predicted molar refractivity (Wildman–Crippen MR) is 82.7 cm³/mol. The van der Waals surface area contributed by atoms with Gasteiger partial charge in [0.15, 0.2) is 0 Å². The van der Waals surface area contributed by atoms with Gasteiger partial charge in [-0.05, 0) is 55.3 Å². The van der Waals surface area contributed by atoms with E-state index in [1.54, 1.807) is 20.0 Å². The van der Waals surface area contributed by atoms with E-state index in [2.05, 4.69) is 15.9 Å². The van der Waals surface area contributed by atoms with E-state index in [1.165, 1.54) is 17.0 Å². The minimum atomic E-state index is -0.403. The zero-order chi connectivity index (χ0) is 14.9. The molecule has 2 rings (SSSR count). The van der Waals surface area contributed by atoms with E-state index in [4.69, 9.17) is 0 Å². The fourth-order valence-electron chi connectivity index (χ4n) is 1.96. The standard InChI is InChI=1S/C16H15BrFNO/c1-10-4-5-12(18)9-14(10)16(20)19(3)13-6-7-15(17)11(2)8-13/h4-9H,1-3H3. The van der Waals surface area contributed by atoms with E-state index < -0.39 is 5.82 Å². The topological polar surface area (TPSA) is 20.3 Å². The highest BCUT2D eigenvalue weighted by Gasteiger charge is 2.16. The molecule has 0 unspecified atom stereocenters. The summed E-state index contributed by atoms with van der Waals surface area (Å²) >= 11 is 3.43. The molecule has 0 spiro atoms. The Bertz CT molecular complexity index is 670. The fourth-order valence-corrected chi connectivity index (χ4v) is 2.21. The van der Waals surface area contributed by atoms with Crippen molar-refractivity contribution in [3.05, 3.63) is 63.4 Å². The Hall–Kier alpha value is -1.68. The Labute approximate surface area is 126 Å². The molecular weight excluding hydrogens is 321 g/mol. The van der Waals surface area contributed by atoms with Gasteiger partial charge in [-0.1, -0.05) is 22.0 Å². The van der Waals surface area contributed by atoms with Crippen LogP contribution in [0.3, 0.4) is 0 Å². The van der Waals surface area contributed by atoms with Gasteiger partial charge >= 0.3 is 0 Å². The number of anilines is 1. The Kier molecular flexibility index (Phi) is 4.23. The maximum atomic E-state index is 13.3. The lowest BCUT2D eigenvalue weighted by Gasteiger charge is -2.19. The number of nitrogens with zero attached hydrogens (tertiary/aromatic N) is 1. The number of hydrogen-bond donors (Lipinski definition) is 0. The summed E-state index contributed by atoms with van der Waals surface area (Å²) in [5.74, 6) is -0.622. The van der Waals surface area contributed by atoms with Gasteiger partial charge < -0.3 is 4.90 Å². The first-order valence-electron chi connectivity index (χ1n) is 6.20. The number of rotatable bonds is 2. The first kappa shape index (κ1) is 14.7. The number of halogens is 2. The molecule has 0 aromatic heterocycles. The van der Waals surface area contributed by atoms with Crippen LogP contribution in [0.1, 0.15) is 21.5 Å². The third-order valence-corrected chi connectivity index (χ3v) is 4.15. The van der Waals surface area contributed by atoms with Crippen molar-refractivity contribution < 1.29 is 9.18 Å². The molecule has 0 bridgehead atoms. The number of carbonyl (C=O) groups excluding carboxylic acids is 1. The minimum Gasteiger partial charge on any atom is -0.311 e. The van der Waals surface area contributed by atoms with E-state index in [0.717, 1.165) is 21.3 Å². The number of aryl methyl sites for hydroxylation is 2. The molecule has 104 valence electrons. The van der Waals surface area contributed by atoms with Gasteiger partial charge in [-0.15, -0.1) is 0 Å². The Balaban J connectivity index is 2.37. The molecule has 2 nitrogen and oxygen atoms in total. The van der Waals surface area contributed by atoms with E-state index >= 15 is 0 Å². The van der Waals surface area contributed by atoms with Crippen LogP contribution >= 0.6 is 15.9 Å². The van der Waals surface area contributed by atoms with Crippen molar-refractivity contribution in [1.29, 1.82) is 0 Å². The lowest BCUT2D eigenvalue weighted by molar-refractivity contribution is 0.0992. The van der Waals surface area contributed by atoms with Crippen LogP contribution in [0.15, 0.2) is 40.9 Å². The van der Waals surface area contributed by atoms with Crippen LogP contribution in [0, 0.1) is 19.7 Å². The van der Waals surface area contributed by atoms with Gasteiger partial charge in [-0.2, -0.15) is 0 Å². The zero-order valence-electron chi connectivity index (χ0n) is 11.6. The molecule has 0 aliphatic rings. The van der Waals surface area contributed by atoms with Gasteiger partial charge in [0, 0.05) is 22.8 Å². The SMILES string of the molecule is Cc1cc(N(C)C(=O)c2cc(F)ccc2C)ccc1Br. The molecule has 20 heavy (non-hydrogen) atoms. The van der Waals surface area contributed by atoms with Crippen molar-refractivity contribution in [2.45, 2.75) is 13.8 Å². The molecule has 4 heteroatoms. The molecule has 1 amide bonds. The molecule has 0 heterocycles. The summed E-state index contributed by atoms with van der Waals surface area (Å²) in [6.45, 7) is 3.76. The second kappa shape index (κ2) is 5.75. The smallest absolute Gasteiger partial charge is 0.258 e. The van der Waals surface area contributed by atoms with Crippen LogP contribution in [0.5, 0.6) is 0 Å². The van der Waals surface area contributed by atoms with Gasteiger partial charge in [0.05, 0.1) is 0 Å². The van der Waals surface area contributed by atoms with E-state index in [1.807, 2.05) is 25.1 Å². The Morgan fingerprint density at radius 1 is 1.10 bits per heavy atom. The summed E-state index contributed by atoms with van der Waals surface area (Å²) in [6.07, 6.45) is 0. The molecule has 0 radical (unpaired) electrons. The van der Waals surface area contributed by atoms with Crippen LogP contribution in [0.4, 0.5) is 10.1 Å². The highest BCUT2D eigenvalue weighted by molar-refractivity contribution is 9.10. The van der Waals surface area contributed by atoms with Crippen molar-refractivity contribution in [2.75, 3.05) is 11.9 Å². The van der Waals surface area contributed by atoms with Crippen molar-refractivity contribution in [2.24, 2.45) is 0 Å². The van der Waals surface area contributed by atoms with E-state index in [9.17, 15) is 9.18 Å². The van der Waals surface area contributed by atoms with Crippen LogP contribution in [-0.4, -0.2) is 13.0 Å². The van der Waals surface area contributed by atoms with Crippen molar-refractivity contribution in [3.8, 4) is 0 Å². The van der Waals surface area contributed by atoms with E-state index in [0.29, 0.717) is 5.56 Å². The van der Waals surface area contributed by atoms with Gasteiger partial charge in [-0.25, -0.2) is 4.39 Å². The molecule has 0 aliphatic heterocycles. The average Bonchev–Trinajstić information content (AvgIpc) is 2.43. The molecule has 0 saturated heterocycles. The van der Waals surface area contributed by atoms with E-state index in [-0.39, 0.29) is 5.91 Å². The molecule has 0 N–H and O–H groups in total. The number of benzene rings is 2. The minimum absolute atomic E-state index is 0.219. The van der Waals surface area contributed by atoms with Crippen molar-refractivity contribution >= 4 is 27.5 Å². The Morgan fingerprint density at radius 3 is 2.45 bits per heavy atom. The molecule has 0 saturated carbocycles. The van der Waals surface area contributed by atoms with Crippen LogP contribution in [-0.2, 0) is 0 Å². The number of amides is 1. The van der Waals surface area contributed by atoms with Crippen molar-refractivity contribution in [1.82, 2.24) is 0 Å².